The van der Waals surface area contributed by atoms with Crippen molar-refractivity contribution in [3.63, 3.8) is 0 Å². The van der Waals surface area contributed by atoms with Crippen molar-refractivity contribution in [3.8, 4) is 0 Å². The van der Waals surface area contributed by atoms with Gasteiger partial charge in [-0.15, -0.1) is 0 Å². The smallest absolute Gasteiger partial charge is 0.340 e. The normalized spacial score (nSPS) is 14.4. The molecular formula is C28H42O5Si. The molecule has 0 unspecified atom stereocenters. The molecule has 0 heterocycles. The minimum absolute atomic E-state index is 0.315. The average Bonchev–Trinajstić information content (AvgIpc) is 2.90. The molecule has 0 aliphatic carbocycles. The van der Waals surface area contributed by atoms with Crippen LogP contribution in [-0.2, 0) is 36.6 Å². The van der Waals surface area contributed by atoms with Crippen molar-refractivity contribution in [1.29, 1.82) is 0 Å². The monoisotopic (exact) mass is 486 g/mol. The maximum absolute atomic E-state index is 13.1. The Bertz CT molecular complexity index is 817. The number of carbonyl (C=O) groups is 1. The fourth-order valence-corrected chi connectivity index (χ4v) is 7.12. The summed E-state index contributed by atoms with van der Waals surface area (Å²) in [6.45, 7) is 9.87. The second-order valence-electron chi connectivity index (χ2n) is 8.90. The molecule has 188 valence electrons. The molecule has 0 spiro atoms. The maximum atomic E-state index is 13.1. The first kappa shape index (κ1) is 28.2. The van der Waals surface area contributed by atoms with Gasteiger partial charge >= 0.3 is 5.97 Å². The van der Waals surface area contributed by atoms with Crippen LogP contribution < -0.4 is 0 Å². The number of ether oxygens (including phenoxy) is 3. The zero-order valence-electron chi connectivity index (χ0n) is 21.5. The number of hydrogen-bond acceptors (Lipinski definition) is 5. The molecule has 0 aliphatic heterocycles. The van der Waals surface area contributed by atoms with Crippen LogP contribution in [0.4, 0.5) is 0 Å². The van der Waals surface area contributed by atoms with Gasteiger partial charge in [-0.3, -0.25) is 0 Å². The average molecular weight is 487 g/mol. The first-order valence-corrected chi connectivity index (χ1v) is 15.0. The third kappa shape index (κ3) is 8.05. The van der Waals surface area contributed by atoms with Gasteiger partial charge in [0.05, 0.1) is 26.4 Å². The zero-order chi connectivity index (χ0) is 24.9. The third-order valence-corrected chi connectivity index (χ3v) is 11.4. The number of rotatable bonds is 16. The molecule has 34 heavy (non-hydrogen) atoms. The van der Waals surface area contributed by atoms with Crippen LogP contribution in [0.2, 0.25) is 18.1 Å². The number of hydrogen-bond donors (Lipinski definition) is 0. The lowest BCUT2D eigenvalue weighted by Gasteiger charge is -2.41. The fraction of sp³-hybridized carbons (Fsp3) is 0.536. The molecule has 5 nitrogen and oxygen atoms in total. The lowest BCUT2D eigenvalue weighted by Crippen LogP contribution is -2.55. The number of esters is 1. The Hall–Kier alpha value is -1.99. The van der Waals surface area contributed by atoms with Gasteiger partial charge in [0.1, 0.15) is 0 Å². The van der Waals surface area contributed by atoms with Crippen molar-refractivity contribution in [2.45, 2.75) is 83.6 Å². The van der Waals surface area contributed by atoms with Gasteiger partial charge in [-0.25, -0.2) is 4.79 Å². The number of carbonyl (C=O) groups excluding carboxylic acids is 1. The Balaban J connectivity index is 2.15. The van der Waals surface area contributed by atoms with E-state index in [1.165, 1.54) is 7.11 Å². The molecule has 0 N–H and O–H groups in total. The topological polar surface area (TPSA) is 54.0 Å². The van der Waals surface area contributed by atoms with Crippen LogP contribution in [-0.4, -0.2) is 39.7 Å². The van der Waals surface area contributed by atoms with E-state index in [-0.39, 0.29) is 0 Å². The third-order valence-electron chi connectivity index (χ3n) is 6.78. The summed E-state index contributed by atoms with van der Waals surface area (Å²) in [6.07, 6.45) is 1.01. The molecule has 0 amide bonds. The predicted octanol–water partition coefficient (Wildman–Crippen LogP) is 6.52. The molecule has 0 bridgehead atoms. The van der Waals surface area contributed by atoms with E-state index in [1.54, 1.807) is 0 Å². The molecule has 2 aromatic carbocycles. The molecule has 0 radical (unpaired) electrons. The molecule has 0 saturated heterocycles. The summed E-state index contributed by atoms with van der Waals surface area (Å²) in [5.41, 5.74) is 0.949. The molecule has 0 aliphatic rings. The van der Waals surface area contributed by atoms with Crippen LogP contribution in [0.3, 0.4) is 0 Å². The van der Waals surface area contributed by atoms with E-state index in [2.05, 4.69) is 32.9 Å². The fourth-order valence-electron chi connectivity index (χ4n) is 4.18. The van der Waals surface area contributed by atoms with Gasteiger partial charge in [0.15, 0.2) is 13.9 Å². The summed E-state index contributed by atoms with van der Waals surface area (Å²) in [5.74, 6) is -0.398. The quantitative estimate of drug-likeness (QED) is 0.154. The van der Waals surface area contributed by atoms with E-state index >= 15 is 0 Å². The van der Waals surface area contributed by atoms with E-state index in [0.29, 0.717) is 26.2 Å². The minimum Gasteiger partial charge on any atom is -0.467 e. The van der Waals surface area contributed by atoms with Gasteiger partial charge in [0, 0.05) is 6.61 Å². The van der Waals surface area contributed by atoms with Gasteiger partial charge in [-0.2, -0.15) is 0 Å². The summed E-state index contributed by atoms with van der Waals surface area (Å²) in [6, 6.07) is 23.0. The Kier molecular flexibility index (Phi) is 12.0. The molecule has 0 aromatic heterocycles. The summed E-state index contributed by atoms with van der Waals surface area (Å²) in [7, 11) is -0.594. The van der Waals surface area contributed by atoms with Crippen molar-refractivity contribution in [1.82, 2.24) is 0 Å². The summed E-state index contributed by atoms with van der Waals surface area (Å²) < 4.78 is 24.3. The Morgan fingerprint density at radius 1 is 0.882 bits per heavy atom. The molecule has 6 heteroatoms. The number of methoxy groups -OCH3 is 1. The molecule has 2 rings (SSSR count). The summed E-state index contributed by atoms with van der Waals surface area (Å²) >= 11 is 0. The van der Waals surface area contributed by atoms with Crippen molar-refractivity contribution < 1.29 is 23.4 Å². The second kappa shape index (κ2) is 14.4. The summed E-state index contributed by atoms with van der Waals surface area (Å²) in [4.78, 5) is 13.1. The first-order valence-electron chi connectivity index (χ1n) is 12.5. The van der Waals surface area contributed by atoms with Crippen molar-refractivity contribution in [2.24, 2.45) is 0 Å². The van der Waals surface area contributed by atoms with Gasteiger partial charge in [0.2, 0.25) is 0 Å². The van der Waals surface area contributed by atoms with Crippen LogP contribution >= 0.6 is 0 Å². The second-order valence-corrected chi connectivity index (χ2v) is 13.6. The highest BCUT2D eigenvalue weighted by Crippen LogP contribution is 2.33. The molecular weight excluding hydrogens is 444 g/mol. The van der Waals surface area contributed by atoms with Crippen molar-refractivity contribution in [2.75, 3.05) is 13.7 Å². The van der Waals surface area contributed by atoms with E-state index in [9.17, 15) is 4.79 Å². The van der Waals surface area contributed by atoms with Crippen LogP contribution in [0, 0.1) is 0 Å². The largest absolute Gasteiger partial charge is 0.467 e. The van der Waals surface area contributed by atoms with Gasteiger partial charge in [0.25, 0.3) is 0 Å². The molecule has 2 atom stereocenters. The Morgan fingerprint density at radius 3 is 1.91 bits per heavy atom. The number of benzene rings is 2. The lowest BCUT2D eigenvalue weighted by molar-refractivity contribution is -0.184. The highest BCUT2D eigenvalue weighted by molar-refractivity contribution is 6.73. The van der Waals surface area contributed by atoms with Crippen molar-refractivity contribution >= 4 is 14.3 Å². The highest BCUT2D eigenvalue weighted by Gasteiger charge is 2.47. The van der Waals surface area contributed by atoms with E-state index in [0.717, 1.165) is 35.7 Å². The zero-order valence-corrected chi connectivity index (χ0v) is 22.5. The highest BCUT2D eigenvalue weighted by atomic mass is 28.4. The molecule has 0 fully saturated rings. The maximum Gasteiger partial charge on any atom is 0.340 e. The van der Waals surface area contributed by atoms with Gasteiger partial charge in [-0.05, 0) is 49.0 Å². The summed E-state index contributed by atoms with van der Waals surface area (Å²) in [5, 5.41) is 0. The van der Waals surface area contributed by atoms with Crippen LogP contribution in [0.1, 0.15) is 51.7 Å². The Labute approximate surface area is 206 Å². The van der Waals surface area contributed by atoms with E-state index < -0.39 is 26.0 Å². The van der Waals surface area contributed by atoms with Gasteiger partial charge < -0.3 is 18.6 Å². The lowest BCUT2D eigenvalue weighted by atomic mass is 9.95. The van der Waals surface area contributed by atoms with E-state index in [1.807, 2.05) is 55.5 Å². The molecule has 2 aromatic rings. The van der Waals surface area contributed by atoms with Crippen molar-refractivity contribution in [3.05, 3.63) is 71.8 Å². The van der Waals surface area contributed by atoms with E-state index in [4.69, 9.17) is 18.6 Å². The Morgan fingerprint density at radius 2 is 1.41 bits per heavy atom. The van der Waals surface area contributed by atoms with Crippen LogP contribution in [0.5, 0.6) is 0 Å². The molecule has 0 saturated carbocycles. The minimum atomic E-state index is -2.01. The predicted molar refractivity (Wildman–Crippen MR) is 139 cm³/mol. The van der Waals surface area contributed by atoms with Crippen LogP contribution in [0.15, 0.2) is 60.7 Å². The standard InChI is InChI=1S/C28H42O5Si/c1-6-34(7-2,8-3)33-26(20-15-21-31-22-24-16-11-9-12-17-24)28(4,27(29)30-5)32-23-25-18-13-10-14-19-25/h9-14,16-19,26H,6-8,15,20-23H2,1-5H3/t26-,28-/m1/s1. The first-order chi connectivity index (χ1) is 16.4. The van der Waals surface area contributed by atoms with Crippen LogP contribution in [0.25, 0.3) is 0 Å². The van der Waals surface area contributed by atoms with Gasteiger partial charge in [-0.1, -0.05) is 81.4 Å². The SMILES string of the molecule is CC[Si](CC)(CC)O[C@H](CCCOCc1ccccc1)[C@@](C)(OCc1ccccc1)C(=O)OC.